The molecule has 0 saturated carbocycles. The first kappa shape index (κ1) is 14.9. The molecule has 0 unspecified atom stereocenters. The zero-order valence-corrected chi connectivity index (χ0v) is 10.5. The van der Waals surface area contributed by atoms with E-state index in [-0.39, 0.29) is 12.5 Å². The Morgan fingerprint density at radius 3 is 2.50 bits per heavy atom. The smallest absolute Gasteiger partial charge is 0.235 e. The first-order chi connectivity index (χ1) is 7.29. The normalized spacial score (nSPS) is 11.5. The maximum Gasteiger partial charge on any atom is 0.235 e. The second-order valence-electron chi connectivity index (χ2n) is 3.87. The number of carbonyl (C=O) groups is 1. The standard InChI is InChI=1S/C9H17N3O3S/c1-8(2)6-11-9(13)7-12(3)16(14,15)5-4-10/h8H,5-7H2,1-3H3,(H,11,13). The molecule has 1 N–H and O–H groups in total. The van der Waals surface area contributed by atoms with Crippen molar-refractivity contribution >= 4 is 15.9 Å². The van der Waals surface area contributed by atoms with E-state index in [1.807, 2.05) is 13.8 Å². The van der Waals surface area contributed by atoms with E-state index in [0.29, 0.717) is 12.5 Å². The molecule has 0 radical (unpaired) electrons. The lowest BCUT2D eigenvalue weighted by atomic mass is 10.2. The Morgan fingerprint density at radius 2 is 2.06 bits per heavy atom. The summed E-state index contributed by atoms with van der Waals surface area (Å²) in [5, 5.41) is 10.9. The first-order valence-electron chi connectivity index (χ1n) is 4.87. The minimum Gasteiger partial charge on any atom is -0.355 e. The number of hydrogen-bond acceptors (Lipinski definition) is 4. The molecule has 0 spiro atoms. The largest absolute Gasteiger partial charge is 0.355 e. The van der Waals surface area contributed by atoms with Gasteiger partial charge < -0.3 is 5.32 Å². The fourth-order valence-corrected chi connectivity index (χ4v) is 1.56. The summed E-state index contributed by atoms with van der Waals surface area (Å²) in [7, 11) is -2.35. The van der Waals surface area contributed by atoms with Gasteiger partial charge in [0.2, 0.25) is 15.9 Å². The lowest BCUT2D eigenvalue weighted by molar-refractivity contribution is -0.121. The van der Waals surface area contributed by atoms with Gasteiger partial charge in [0.25, 0.3) is 0 Å². The molecule has 0 aliphatic carbocycles. The molecule has 0 heterocycles. The summed E-state index contributed by atoms with van der Waals surface area (Å²) >= 11 is 0. The number of nitriles is 1. The van der Waals surface area contributed by atoms with E-state index in [1.165, 1.54) is 7.05 Å². The second-order valence-corrected chi connectivity index (χ2v) is 5.94. The highest BCUT2D eigenvalue weighted by molar-refractivity contribution is 7.89. The van der Waals surface area contributed by atoms with E-state index in [0.717, 1.165) is 4.31 Å². The molecule has 0 saturated heterocycles. The summed E-state index contributed by atoms with van der Waals surface area (Å²) in [4.78, 5) is 11.3. The van der Waals surface area contributed by atoms with Crippen molar-refractivity contribution in [1.82, 2.24) is 9.62 Å². The van der Waals surface area contributed by atoms with Crippen LogP contribution in [0.3, 0.4) is 0 Å². The average Bonchev–Trinajstić information content (AvgIpc) is 2.14. The zero-order chi connectivity index (χ0) is 12.8. The molecule has 0 aromatic rings. The summed E-state index contributed by atoms with van der Waals surface area (Å²) in [5.74, 6) is -0.663. The van der Waals surface area contributed by atoms with Crippen LogP contribution in [-0.2, 0) is 14.8 Å². The number of sulfonamides is 1. The van der Waals surface area contributed by atoms with E-state index >= 15 is 0 Å². The van der Waals surface area contributed by atoms with Crippen LogP contribution in [0.1, 0.15) is 13.8 Å². The highest BCUT2D eigenvalue weighted by Gasteiger charge is 2.19. The third-order valence-electron chi connectivity index (χ3n) is 1.80. The average molecular weight is 247 g/mol. The summed E-state index contributed by atoms with van der Waals surface area (Å²) < 4.78 is 23.5. The zero-order valence-electron chi connectivity index (χ0n) is 9.73. The molecule has 0 aromatic heterocycles. The lowest BCUT2D eigenvalue weighted by Gasteiger charge is -2.15. The Morgan fingerprint density at radius 1 is 1.50 bits per heavy atom. The molecular formula is C9H17N3O3S. The minimum absolute atomic E-state index is 0.253. The lowest BCUT2D eigenvalue weighted by Crippen LogP contribution is -2.40. The molecule has 0 aliphatic heterocycles. The molecule has 0 atom stereocenters. The monoisotopic (exact) mass is 247 g/mol. The van der Waals surface area contributed by atoms with Crippen molar-refractivity contribution in [3.8, 4) is 6.07 Å². The number of rotatable bonds is 6. The van der Waals surface area contributed by atoms with Gasteiger partial charge >= 0.3 is 0 Å². The predicted octanol–water partition coefficient (Wildman–Crippen LogP) is -0.456. The Labute approximate surface area is 96.3 Å². The number of carbonyl (C=O) groups excluding carboxylic acids is 1. The highest BCUT2D eigenvalue weighted by atomic mass is 32.2. The number of hydrogen-bond donors (Lipinski definition) is 1. The third-order valence-corrected chi connectivity index (χ3v) is 3.37. The van der Waals surface area contributed by atoms with Gasteiger partial charge in [-0.15, -0.1) is 0 Å². The second kappa shape index (κ2) is 6.45. The topological polar surface area (TPSA) is 90.3 Å². The van der Waals surface area contributed by atoms with Crippen LogP contribution in [0.15, 0.2) is 0 Å². The van der Waals surface area contributed by atoms with Gasteiger partial charge in [0.1, 0.15) is 0 Å². The van der Waals surface area contributed by atoms with Crippen molar-refractivity contribution < 1.29 is 13.2 Å². The molecule has 0 bridgehead atoms. The fourth-order valence-electron chi connectivity index (χ4n) is 0.866. The Hall–Kier alpha value is -1.13. The van der Waals surface area contributed by atoms with Crippen LogP contribution < -0.4 is 5.32 Å². The Bertz CT molecular complexity index is 370. The Balaban J connectivity index is 4.20. The molecule has 6 nitrogen and oxygen atoms in total. The van der Waals surface area contributed by atoms with E-state index < -0.39 is 15.8 Å². The van der Waals surface area contributed by atoms with Crippen LogP contribution in [0.25, 0.3) is 0 Å². The molecular weight excluding hydrogens is 230 g/mol. The van der Waals surface area contributed by atoms with Gasteiger partial charge in [-0.1, -0.05) is 13.8 Å². The molecule has 92 valence electrons. The van der Waals surface area contributed by atoms with Crippen molar-refractivity contribution in [3.63, 3.8) is 0 Å². The van der Waals surface area contributed by atoms with Crippen LogP contribution >= 0.6 is 0 Å². The van der Waals surface area contributed by atoms with E-state index in [9.17, 15) is 13.2 Å². The molecule has 0 fully saturated rings. The quantitative estimate of drug-likeness (QED) is 0.688. The summed E-state index contributed by atoms with van der Waals surface area (Å²) in [6, 6.07) is 1.55. The van der Waals surface area contributed by atoms with Crippen molar-refractivity contribution in [2.24, 2.45) is 5.92 Å². The van der Waals surface area contributed by atoms with Gasteiger partial charge in [0.15, 0.2) is 5.75 Å². The van der Waals surface area contributed by atoms with Crippen molar-refractivity contribution in [2.45, 2.75) is 13.8 Å². The van der Waals surface area contributed by atoms with Gasteiger partial charge in [-0.2, -0.15) is 9.57 Å². The van der Waals surface area contributed by atoms with Crippen LogP contribution in [-0.4, -0.2) is 44.5 Å². The summed E-state index contributed by atoms with van der Waals surface area (Å²) in [6.45, 7) is 4.13. The van der Waals surface area contributed by atoms with Crippen molar-refractivity contribution in [2.75, 3.05) is 25.9 Å². The van der Waals surface area contributed by atoms with Crippen LogP contribution in [0.5, 0.6) is 0 Å². The predicted molar refractivity (Wildman–Crippen MR) is 59.9 cm³/mol. The summed E-state index contributed by atoms with van der Waals surface area (Å²) in [5.41, 5.74) is 0. The number of likely N-dealkylation sites (N-methyl/N-ethyl adjacent to an activating group) is 1. The van der Waals surface area contributed by atoms with Crippen molar-refractivity contribution in [3.05, 3.63) is 0 Å². The number of nitrogens with zero attached hydrogens (tertiary/aromatic N) is 2. The molecule has 0 aromatic carbocycles. The highest BCUT2D eigenvalue weighted by Crippen LogP contribution is 1.96. The maximum absolute atomic E-state index is 11.3. The third kappa shape index (κ3) is 5.68. The molecule has 16 heavy (non-hydrogen) atoms. The molecule has 0 aliphatic rings. The van der Waals surface area contributed by atoms with Crippen LogP contribution in [0.2, 0.25) is 0 Å². The molecule has 0 rings (SSSR count). The van der Waals surface area contributed by atoms with Crippen LogP contribution in [0.4, 0.5) is 0 Å². The molecule has 1 amide bonds. The number of nitrogens with one attached hydrogen (secondary N) is 1. The van der Waals surface area contributed by atoms with Gasteiger partial charge in [-0.3, -0.25) is 4.79 Å². The van der Waals surface area contributed by atoms with Crippen LogP contribution in [0, 0.1) is 17.2 Å². The van der Waals surface area contributed by atoms with E-state index in [1.54, 1.807) is 6.07 Å². The van der Waals surface area contributed by atoms with Gasteiger partial charge in [0.05, 0.1) is 12.6 Å². The van der Waals surface area contributed by atoms with E-state index in [2.05, 4.69) is 5.32 Å². The van der Waals surface area contributed by atoms with Crippen molar-refractivity contribution in [1.29, 1.82) is 5.26 Å². The number of amides is 1. The fraction of sp³-hybridized carbons (Fsp3) is 0.778. The van der Waals surface area contributed by atoms with Gasteiger partial charge in [-0.05, 0) is 5.92 Å². The van der Waals surface area contributed by atoms with Gasteiger partial charge in [0, 0.05) is 13.6 Å². The maximum atomic E-state index is 11.3. The Kier molecular flexibility index (Phi) is 6.00. The first-order valence-corrected chi connectivity index (χ1v) is 6.48. The summed E-state index contributed by atoms with van der Waals surface area (Å²) in [6.07, 6.45) is 0. The molecule has 7 heteroatoms. The van der Waals surface area contributed by atoms with Gasteiger partial charge in [-0.25, -0.2) is 8.42 Å². The SMILES string of the molecule is CC(C)CNC(=O)CN(C)S(=O)(=O)CC#N. The van der Waals surface area contributed by atoms with E-state index in [4.69, 9.17) is 5.26 Å². The minimum atomic E-state index is -3.63.